The molecule has 2 heterocycles. The zero-order valence-electron chi connectivity index (χ0n) is 9.46. The molecule has 0 saturated carbocycles. The van der Waals surface area contributed by atoms with Gasteiger partial charge in [0.2, 0.25) is 3.79 Å². The highest BCUT2D eigenvalue weighted by atomic mass is 35.6. The zero-order chi connectivity index (χ0) is 13.5. The second-order valence-corrected chi connectivity index (χ2v) is 6.16. The number of halogens is 3. The molecule has 0 bridgehead atoms. The van der Waals surface area contributed by atoms with Crippen LogP contribution in [0.1, 0.15) is 5.82 Å². The highest BCUT2D eigenvalue weighted by Gasteiger charge is 2.27. The number of rotatable bonds is 1. The van der Waals surface area contributed by atoms with E-state index in [0.29, 0.717) is 5.65 Å². The predicted octanol–water partition coefficient (Wildman–Crippen LogP) is 3.62. The van der Waals surface area contributed by atoms with Crippen LogP contribution in [0, 0.1) is 0 Å². The smallest absolute Gasteiger partial charge is 0.217 e. The van der Waals surface area contributed by atoms with Crippen molar-refractivity contribution in [3.8, 4) is 11.3 Å². The van der Waals surface area contributed by atoms with Crippen molar-refractivity contribution in [3.05, 3.63) is 48.5 Å². The molecule has 4 nitrogen and oxygen atoms in total. The van der Waals surface area contributed by atoms with E-state index >= 15 is 0 Å². The van der Waals surface area contributed by atoms with E-state index in [1.54, 1.807) is 4.52 Å². The number of nitrogens with zero attached hydrogens (tertiary/aromatic N) is 4. The Bertz CT molecular complexity index is 719. The minimum absolute atomic E-state index is 0.129. The monoisotopic (exact) mass is 312 g/mol. The summed E-state index contributed by atoms with van der Waals surface area (Å²) in [6.07, 6.45) is 1.48. The van der Waals surface area contributed by atoms with Gasteiger partial charge in [0.15, 0.2) is 11.5 Å². The maximum absolute atomic E-state index is 5.76. The van der Waals surface area contributed by atoms with E-state index in [1.165, 1.54) is 6.33 Å². The van der Waals surface area contributed by atoms with Crippen LogP contribution in [0.3, 0.4) is 0 Å². The first-order valence-corrected chi connectivity index (χ1v) is 6.52. The number of fused-ring (bicyclic) bond motifs is 1. The highest BCUT2D eigenvalue weighted by molar-refractivity contribution is 6.66. The highest BCUT2D eigenvalue weighted by Crippen LogP contribution is 2.35. The number of benzene rings is 1. The summed E-state index contributed by atoms with van der Waals surface area (Å²) in [6, 6.07) is 11.6. The Labute approximate surface area is 124 Å². The van der Waals surface area contributed by atoms with Gasteiger partial charge in [-0.2, -0.15) is 5.10 Å². The summed E-state index contributed by atoms with van der Waals surface area (Å²) in [7, 11) is 0. The van der Waals surface area contributed by atoms with Gasteiger partial charge in [-0.1, -0.05) is 65.1 Å². The fourth-order valence-electron chi connectivity index (χ4n) is 1.69. The third-order valence-electron chi connectivity index (χ3n) is 2.55. The molecule has 1 aromatic carbocycles. The maximum Gasteiger partial charge on any atom is 0.250 e. The summed E-state index contributed by atoms with van der Waals surface area (Å²) in [6.45, 7) is 0. The Kier molecular flexibility index (Phi) is 3.09. The summed E-state index contributed by atoms with van der Waals surface area (Å²) in [4.78, 5) is 8.16. The average Bonchev–Trinajstić information content (AvgIpc) is 2.81. The van der Waals surface area contributed by atoms with Crippen LogP contribution in [0.5, 0.6) is 0 Å². The van der Waals surface area contributed by atoms with Gasteiger partial charge in [-0.05, 0) is 0 Å². The minimum Gasteiger partial charge on any atom is -0.217 e. The molecule has 3 rings (SSSR count). The van der Waals surface area contributed by atoms with E-state index in [0.717, 1.165) is 11.3 Å². The predicted molar refractivity (Wildman–Crippen MR) is 75.5 cm³/mol. The van der Waals surface area contributed by atoms with Crippen LogP contribution in [-0.4, -0.2) is 19.6 Å². The molecule has 0 fully saturated rings. The van der Waals surface area contributed by atoms with E-state index in [2.05, 4.69) is 15.1 Å². The van der Waals surface area contributed by atoms with Crippen molar-refractivity contribution in [2.75, 3.05) is 0 Å². The van der Waals surface area contributed by atoms with Gasteiger partial charge in [0.1, 0.15) is 6.33 Å². The molecule has 2 aromatic heterocycles. The molecule has 19 heavy (non-hydrogen) atoms. The van der Waals surface area contributed by atoms with Gasteiger partial charge in [-0.3, -0.25) is 0 Å². The molecule has 0 aliphatic heterocycles. The summed E-state index contributed by atoms with van der Waals surface area (Å²) in [5.74, 6) is 0.129. The molecule has 96 valence electrons. The normalized spacial score (nSPS) is 11.9. The van der Waals surface area contributed by atoms with Crippen LogP contribution in [0.15, 0.2) is 42.7 Å². The maximum atomic E-state index is 5.76. The van der Waals surface area contributed by atoms with Crippen LogP contribution >= 0.6 is 34.8 Å². The van der Waals surface area contributed by atoms with Gasteiger partial charge in [-0.25, -0.2) is 14.5 Å². The standard InChI is InChI=1S/C12H7Cl3N4/c13-12(14,15)11-16-7-19-10(17-11)6-9(18-19)8-4-2-1-3-5-8/h1-7H. The zero-order valence-corrected chi connectivity index (χ0v) is 11.7. The molecule has 0 N–H and O–H groups in total. The van der Waals surface area contributed by atoms with Crippen LogP contribution in [0.25, 0.3) is 16.9 Å². The van der Waals surface area contributed by atoms with E-state index < -0.39 is 3.79 Å². The lowest BCUT2D eigenvalue weighted by atomic mass is 10.2. The number of aromatic nitrogens is 4. The van der Waals surface area contributed by atoms with E-state index in [9.17, 15) is 0 Å². The fraction of sp³-hybridized carbons (Fsp3) is 0.0833. The Hall–Kier alpha value is -1.36. The van der Waals surface area contributed by atoms with Crippen molar-refractivity contribution in [2.45, 2.75) is 3.79 Å². The van der Waals surface area contributed by atoms with Gasteiger partial charge in [0.25, 0.3) is 0 Å². The lowest BCUT2D eigenvalue weighted by molar-refractivity contribution is 0.849. The van der Waals surface area contributed by atoms with Gasteiger partial charge in [0, 0.05) is 11.6 Å². The lowest BCUT2D eigenvalue weighted by Crippen LogP contribution is -2.08. The largest absolute Gasteiger partial charge is 0.250 e. The molecular formula is C12H7Cl3N4. The topological polar surface area (TPSA) is 43.1 Å². The molecule has 0 atom stereocenters. The van der Waals surface area contributed by atoms with Crippen LogP contribution in [0.2, 0.25) is 0 Å². The third kappa shape index (κ3) is 2.52. The molecule has 0 aliphatic carbocycles. The van der Waals surface area contributed by atoms with Crippen molar-refractivity contribution >= 4 is 40.4 Å². The molecule has 3 aromatic rings. The van der Waals surface area contributed by atoms with Crippen LogP contribution < -0.4 is 0 Å². The second kappa shape index (κ2) is 4.63. The van der Waals surface area contributed by atoms with E-state index in [1.807, 2.05) is 36.4 Å². The Morgan fingerprint density at radius 3 is 2.47 bits per heavy atom. The van der Waals surface area contributed by atoms with Gasteiger partial charge < -0.3 is 0 Å². The molecule has 0 amide bonds. The summed E-state index contributed by atoms with van der Waals surface area (Å²) < 4.78 is -0.0961. The van der Waals surface area contributed by atoms with E-state index in [-0.39, 0.29) is 5.82 Å². The SMILES string of the molecule is ClC(Cl)(Cl)c1ncn2nc(-c3ccccc3)cc2n1. The summed E-state index contributed by atoms with van der Waals surface area (Å²) in [5, 5.41) is 4.37. The molecule has 0 spiro atoms. The first-order chi connectivity index (χ1) is 9.04. The third-order valence-corrected chi connectivity index (χ3v) is 3.06. The molecule has 0 radical (unpaired) electrons. The summed E-state index contributed by atoms with van der Waals surface area (Å²) in [5.41, 5.74) is 2.36. The Morgan fingerprint density at radius 2 is 1.79 bits per heavy atom. The van der Waals surface area contributed by atoms with Crippen LogP contribution in [-0.2, 0) is 3.79 Å². The van der Waals surface area contributed by atoms with Crippen molar-refractivity contribution in [2.24, 2.45) is 0 Å². The van der Waals surface area contributed by atoms with Gasteiger partial charge in [0.05, 0.1) is 5.69 Å². The Morgan fingerprint density at radius 1 is 1.05 bits per heavy atom. The fourth-order valence-corrected chi connectivity index (χ4v) is 1.96. The molecule has 7 heteroatoms. The molecule has 0 unspecified atom stereocenters. The van der Waals surface area contributed by atoms with Crippen LogP contribution in [0.4, 0.5) is 0 Å². The van der Waals surface area contributed by atoms with Crippen molar-refractivity contribution in [1.82, 2.24) is 19.6 Å². The summed E-state index contributed by atoms with van der Waals surface area (Å²) >= 11 is 17.3. The Balaban J connectivity index is 2.12. The molecular weight excluding hydrogens is 307 g/mol. The van der Waals surface area contributed by atoms with Gasteiger partial charge >= 0.3 is 0 Å². The number of alkyl halides is 3. The van der Waals surface area contributed by atoms with Crippen molar-refractivity contribution in [1.29, 1.82) is 0 Å². The second-order valence-electron chi connectivity index (χ2n) is 3.88. The first kappa shape index (κ1) is 12.7. The average molecular weight is 314 g/mol. The van der Waals surface area contributed by atoms with E-state index in [4.69, 9.17) is 34.8 Å². The van der Waals surface area contributed by atoms with Gasteiger partial charge in [-0.15, -0.1) is 0 Å². The quantitative estimate of drug-likeness (QED) is 0.644. The van der Waals surface area contributed by atoms with Crippen molar-refractivity contribution < 1.29 is 0 Å². The first-order valence-electron chi connectivity index (χ1n) is 5.39. The lowest BCUT2D eigenvalue weighted by Gasteiger charge is -2.07. The molecule has 0 aliphatic rings. The minimum atomic E-state index is -1.64. The van der Waals surface area contributed by atoms with Crippen molar-refractivity contribution in [3.63, 3.8) is 0 Å². The molecule has 0 saturated heterocycles. The number of hydrogen-bond acceptors (Lipinski definition) is 3. The number of hydrogen-bond donors (Lipinski definition) is 0.